The molecule has 3 rings (SSSR count). The molecule has 1 aliphatic heterocycles. The van der Waals surface area contributed by atoms with Crippen LogP contribution in [0, 0.1) is 0 Å². The second-order valence-corrected chi connectivity index (χ2v) is 7.14. The van der Waals surface area contributed by atoms with E-state index in [9.17, 15) is 4.79 Å². The van der Waals surface area contributed by atoms with Crippen LogP contribution in [0.4, 0.5) is 5.69 Å². The van der Waals surface area contributed by atoms with Crippen LogP contribution in [0.1, 0.15) is 24.8 Å². The zero-order valence-corrected chi connectivity index (χ0v) is 16.3. The van der Waals surface area contributed by atoms with Crippen molar-refractivity contribution in [3.8, 4) is 5.75 Å². The lowest BCUT2D eigenvalue weighted by molar-refractivity contribution is -0.123. The minimum absolute atomic E-state index is 0.188. The van der Waals surface area contributed by atoms with Crippen molar-refractivity contribution in [3.63, 3.8) is 0 Å². The summed E-state index contributed by atoms with van der Waals surface area (Å²) in [4.78, 5) is 14.2. The molecule has 7 heteroatoms. The SMILES string of the molecule is O=C(COc1ccc(Cl)cc1Cl)N/N=C/c1ccc(N2CCCCC2)cc1. The maximum atomic E-state index is 11.8. The largest absolute Gasteiger partial charge is 0.482 e. The number of piperidine rings is 1. The van der Waals surface area contributed by atoms with Gasteiger partial charge in [0.25, 0.3) is 5.91 Å². The molecule has 0 spiro atoms. The lowest BCUT2D eigenvalue weighted by Gasteiger charge is -2.28. The Labute approximate surface area is 168 Å². The van der Waals surface area contributed by atoms with Crippen LogP contribution in [0.15, 0.2) is 47.6 Å². The Bertz CT molecular complexity index is 803. The quantitative estimate of drug-likeness (QED) is 0.567. The van der Waals surface area contributed by atoms with E-state index < -0.39 is 0 Å². The first-order valence-electron chi connectivity index (χ1n) is 8.86. The Morgan fingerprint density at radius 3 is 2.56 bits per heavy atom. The Morgan fingerprint density at radius 2 is 1.85 bits per heavy atom. The Balaban J connectivity index is 1.46. The van der Waals surface area contributed by atoms with Crippen molar-refractivity contribution in [2.24, 2.45) is 5.10 Å². The standard InChI is InChI=1S/C20H21Cl2N3O2/c21-16-6-9-19(18(22)12-16)27-14-20(26)24-23-13-15-4-7-17(8-5-15)25-10-2-1-3-11-25/h4-9,12-13H,1-3,10-11,14H2,(H,24,26)/b23-13+. The van der Waals surface area contributed by atoms with E-state index >= 15 is 0 Å². The van der Waals surface area contributed by atoms with Crippen LogP contribution >= 0.6 is 23.2 Å². The highest BCUT2D eigenvalue weighted by Crippen LogP contribution is 2.27. The maximum Gasteiger partial charge on any atom is 0.277 e. The van der Waals surface area contributed by atoms with Gasteiger partial charge in [-0.2, -0.15) is 5.10 Å². The molecule has 1 saturated heterocycles. The summed E-state index contributed by atoms with van der Waals surface area (Å²) in [6.45, 7) is 2.04. The van der Waals surface area contributed by atoms with Crippen molar-refractivity contribution in [1.82, 2.24) is 5.43 Å². The van der Waals surface area contributed by atoms with Gasteiger partial charge in [-0.15, -0.1) is 0 Å². The highest BCUT2D eigenvalue weighted by molar-refractivity contribution is 6.35. The molecule has 1 heterocycles. The first-order valence-corrected chi connectivity index (χ1v) is 9.62. The van der Waals surface area contributed by atoms with Crippen molar-refractivity contribution in [2.45, 2.75) is 19.3 Å². The first-order chi connectivity index (χ1) is 13.1. The van der Waals surface area contributed by atoms with Crippen molar-refractivity contribution in [3.05, 3.63) is 58.1 Å². The van der Waals surface area contributed by atoms with Gasteiger partial charge in [-0.25, -0.2) is 5.43 Å². The van der Waals surface area contributed by atoms with Crippen LogP contribution in [0.25, 0.3) is 0 Å². The zero-order valence-electron chi connectivity index (χ0n) is 14.8. The Morgan fingerprint density at radius 1 is 1.11 bits per heavy atom. The first kappa shape index (κ1) is 19.5. The summed E-state index contributed by atoms with van der Waals surface area (Å²) in [6, 6.07) is 13.0. The molecule has 0 aliphatic carbocycles. The number of hydrogen-bond donors (Lipinski definition) is 1. The Hall–Kier alpha value is -2.24. The van der Waals surface area contributed by atoms with Crippen molar-refractivity contribution in [2.75, 3.05) is 24.6 Å². The molecule has 0 bridgehead atoms. The number of carbonyl (C=O) groups excluding carboxylic acids is 1. The minimum atomic E-state index is -0.373. The molecule has 5 nitrogen and oxygen atoms in total. The van der Waals surface area contributed by atoms with Crippen molar-refractivity contribution in [1.29, 1.82) is 0 Å². The molecule has 0 saturated carbocycles. The molecule has 0 unspecified atom stereocenters. The molecule has 0 aromatic heterocycles. The molecule has 27 heavy (non-hydrogen) atoms. The van der Waals surface area contributed by atoms with E-state index in [4.69, 9.17) is 27.9 Å². The summed E-state index contributed by atoms with van der Waals surface area (Å²) in [5.74, 6) is 0.0238. The number of ether oxygens (including phenoxy) is 1. The van der Waals surface area contributed by atoms with Gasteiger partial charge in [0.1, 0.15) is 5.75 Å². The molecule has 2 aromatic carbocycles. The van der Waals surface area contributed by atoms with Gasteiger partial charge in [0.2, 0.25) is 0 Å². The van der Waals surface area contributed by atoms with Crippen LogP contribution in [0.5, 0.6) is 5.75 Å². The Kier molecular flexibility index (Phi) is 6.96. The molecule has 0 atom stereocenters. The number of benzene rings is 2. The fourth-order valence-corrected chi connectivity index (χ4v) is 3.33. The number of nitrogens with one attached hydrogen (secondary N) is 1. The third-order valence-electron chi connectivity index (χ3n) is 4.27. The van der Waals surface area contributed by atoms with E-state index in [2.05, 4.69) is 27.6 Å². The molecule has 1 amide bonds. The molecule has 0 radical (unpaired) electrons. The number of amides is 1. The molecule has 142 valence electrons. The van der Waals surface area contributed by atoms with Gasteiger partial charge in [0.15, 0.2) is 6.61 Å². The monoisotopic (exact) mass is 405 g/mol. The number of halogens is 2. The highest BCUT2D eigenvalue weighted by Gasteiger charge is 2.10. The van der Waals surface area contributed by atoms with E-state index in [1.54, 1.807) is 24.4 Å². The molecular formula is C20H21Cl2N3O2. The molecule has 2 aromatic rings. The van der Waals surface area contributed by atoms with Gasteiger partial charge < -0.3 is 9.64 Å². The van der Waals surface area contributed by atoms with Crippen LogP contribution in [0.3, 0.4) is 0 Å². The van der Waals surface area contributed by atoms with Crippen LogP contribution in [-0.4, -0.2) is 31.8 Å². The predicted molar refractivity (Wildman–Crippen MR) is 110 cm³/mol. The van der Waals surface area contributed by atoms with Gasteiger partial charge in [-0.05, 0) is 55.2 Å². The maximum absolute atomic E-state index is 11.8. The van der Waals surface area contributed by atoms with Gasteiger partial charge in [-0.3, -0.25) is 4.79 Å². The fourth-order valence-electron chi connectivity index (χ4n) is 2.87. The second kappa shape index (κ2) is 9.62. The number of anilines is 1. The number of hydrogen-bond acceptors (Lipinski definition) is 4. The van der Waals surface area contributed by atoms with Gasteiger partial charge in [-0.1, -0.05) is 35.3 Å². The van der Waals surface area contributed by atoms with Crippen molar-refractivity contribution < 1.29 is 9.53 Å². The van der Waals surface area contributed by atoms with Gasteiger partial charge >= 0.3 is 0 Å². The second-order valence-electron chi connectivity index (χ2n) is 6.30. The van der Waals surface area contributed by atoms with Gasteiger partial charge in [0, 0.05) is 23.8 Å². The average Bonchev–Trinajstić information content (AvgIpc) is 2.68. The summed E-state index contributed by atoms with van der Waals surface area (Å²) < 4.78 is 5.36. The molecule has 1 N–H and O–H groups in total. The summed E-state index contributed by atoms with van der Waals surface area (Å²) in [5, 5.41) is 4.82. The van der Waals surface area contributed by atoms with E-state index in [1.807, 2.05) is 12.1 Å². The summed E-state index contributed by atoms with van der Waals surface area (Å²) in [7, 11) is 0. The highest BCUT2D eigenvalue weighted by atomic mass is 35.5. The fraction of sp³-hybridized carbons (Fsp3) is 0.300. The van der Waals surface area contributed by atoms with Gasteiger partial charge in [0.05, 0.1) is 11.2 Å². The number of carbonyl (C=O) groups is 1. The number of nitrogens with zero attached hydrogens (tertiary/aromatic N) is 2. The lowest BCUT2D eigenvalue weighted by atomic mass is 10.1. The van der Waals surface area contributed by atoms with Crippen molar-refractivity contribution >= 4 is 41.0 Å². The van der Waals surface area contributed by atoms with Crippen LogP contribution in [-0.2, 0) is 4.79 Å². The topological polar surface area (TPSA) is 53.9 Å². The minimum Gasteiger partial charge on any atom is -0.482 e. The average molecular weight is 406 g/mol. The van der Waals surface area contributed by atoms with Crippen LogP contribution in [0.2, 0.25) is 10.0 Å². The number of rotatable bonds is 6. The van der Waals surface area contributed by atoms with E-state index in [0.29, 0.717) is 15.8 Å². The molecular weight excluding hydrogens is 385 g/mol. The van der Waals surface area contributed by atoms with E-state index in [0.717, 1.165) is 18.7 Å². The van der Waals surface area contributed by atoms with E-state index in [-0.39, 0.29) is 12.5 Å². The summed E-state index contributed by atoms with van der Waals surface area (Å²) >= 11 is 11.8. The van der Waals surface area contributed by atoms with E-state index in [1.165, 1.54) is 24.9 Å². The molecule has 1 fully saturated rings. The third-order valence-corrected chi connectivity index (χ3v) is 4.80. The number of hydrazone groups is 1. The molecule has 1 aliphatic rings. The van der Waals surface area contributed by atoms with Crippen LogP contribution < -0.4 is 15.1 Å². The predicted octanol–water partition coefficient (Wildman–Crippen LogP) is 4.51. The normalized spacial score (nSPS) is 14.4. The smallest absolute Gasteiger partial charge is 0.277 e. The summed E-state index contributed by atoms with van der Waals surface area (Å²) in [5.41, 5.74) is 4.58. The third kappa shape index (κ3) is 5.88. The lowest BCUT2D eigenvalue weighted by Crippen LogP contribution is -2.29. The zero-order chi connectivity index (χ0) is 19.1. The summed E-state index contributed by atoms with van der Waals surface area (Å²) in [6.07, 6.45) is 5.42.